The standard InChI is InChI=1S/C24H24IN3O3/c1-16-7-6-9-18(11-16)15-31-23-20(25)12-19(13-22(23)30-3)14-26-28-24(29)27-21-10-5-4-8-17(21)2/h4-14H,15H2,1-3H3,(H2,27,28,29). The highest BCUT2D eigenvalue weighted by Gasteiger charge is 2.12. The molecule has 0 spiro atoms. The average Bonchev–Trinajstić information content (AvgIpc) is 2.74. The Kier molecular flexibility index (Phi) is 7.88. The molecule has 0 unspecified atom stereocenters. The van der Waals surface area contributed by atoms with E-state index in [-0.39, 0.29) is 0 Å². The van der Waals surface area contributed by atoms with E-state index >= 15 is 0 Å². The summed E-state index contributed by atoms with van der Waals surface area (Å²) in [6.45, 7) is 4.43. The molecule has 31 heavy (non-hydrogen) atoms. The number of nitrogens with zero attached hydrogens (tertiary/aromatic N) is 1. The number of urea groups is 1. The lowest BCUT2D eigenvalue weighted by molar-refractivity contribution is 0.252. The number of benzene rings is 3. The van der Waals surface area contributed by atoms with Crippen LogP contribution in [-0.2, 0) is 6.61 Å². The van der Waals surface area contributed by atoms with E-state index in [4.69, 9.17) is 9.47 Å². The highest BCUT2D eigenvalue weighted by Crippen LogP contribution is 2.34. The molecule has 3 aromatic rings. The van der Waals surface area contributed by atoms with E-state index in [1.54, 1.807) is 13.3 Å². The number of nitrogens with one attached hydrogen (secondary N) is 2. The molecule has 0 aliphatic rings. The van der Waals surface area contributed by atoms with Gasteiger partial charge in [-0.15, -0.1) is 0 Å². The van der Waals surface area contributed by atoms with Gasteiger partial charge >= 0.3 is 6.03 Å². The van der Waals surface area contributed by atoms with Crippen molar-refractivity contribution in [1.82, 2.24) is 5.43 Å². The van der Waals surface area contributed by atoms with Crippen LogP contribution < -0.4 is 20.2 Å². The fourth-order valence-electron chi connectivity index (χ4n) is 2.94. The lowest BCUT2D eigenvalue weighted by Crippen LogP contribution is -2.24. The molecule has 0 aliphatic carbocycles. The fourth-order valence-corrected chi connectivity index (χ4v) is 3.72. The monoisotopic (exact) mass is 529 g/mol. The van der Waals surface area contributed by atoms with Crippen LogP contribution in [-0.4, -0.2) is 19.4 Å². The van der Waals surface area contributed by atoms with Gasteiger partial charge in [0.25, 0.3) is 0 Å². The third-order valence-electron chi connectivity index (χ3n) is 4.49. The van der Waals surface area contributed by atoms with Gasteiger partial charge in [0.1, 0.15) is 6.61 Å². The molecule has 0 aromatic heterocycles. The zero-order valence-electron chi connectivity index (χ0n) is 17.6. The van der Waals surface area contributed by atoms with Gasteiger partial charge in [-0.05, 0) is 71.3 Å². The van der Waals surface area contributed by atoms with Gasteiger partial charge < -0.3 is 14.8 Å². The summed E-state index contributed by atoms with van der Waals surface area (Å²) in [4.78, 5) is 12.1. The minimum Gasteiger partial charge on any atom is -0.493 e. The molecule has 2 amide bonds. The molecular formula is C24H24IN3O3. The third-order valence-corrected chi connectivity index (χ3v) is 5.29. The van der Waals surface area contributed by atoms with Crippen molar-refractivity contribution in [2.75, 3.05) is 12.4 Å². The van der Waals surface area contributed by atoms with E-state index in [0.29, 0.717) is 18.1 Å². The Labute approximate surface area is 195 Å². The van der Waals surface area contributed by atoms with Crippen molar-refractivity contribution in [2.24, 2.45) is 5.10 Å². The number of amides is 2. The zero-order chi connectivity index (χ0) is 22.2. The van der Waals surface area contributed by atoms with Gasteiger partial charge in [0, 0.05) is 5.69 Å². The highest BCUT2D eigenvalue weighted by molar-refractivity contribution is 14.1. The summed E-state index contributed by atoms with van der Waals surface area (Å²) in [6.07, 6.45) is 1.56. The van der Waals surface area contributed by atoms with Gasteiger partial charge in [0.05, 0.1) is 16.9 Å². The Morgan fingerprint density at radius 2 is 1.90 bits per heavy atom. The largest absolute Gasteiger partial charge is 0.493 e. The van der Waals surface area contributed by atoms with E-state index in [0.717, 1.165) is 25.9 Å². The first kappa shape index (κ1) is 22.6. The predicted octanol–water partition coefficient (Wildman–Crippen LogP) is 5.65. The van der Waals surface area contributed by atoms with Crippen LogP contribution in [0.2, 0.25) is 0 Å². The molecule has 0 fully saturated rings. The summed E-state index contributed by atoms with van der Waals surface area (Å²) in [5.41, 5.74) is 7.24. The third kappa shape index (κ3) is 6.45. The SMILES string of the molecule is COc1cc(C=NNC(=O)Nc2ccccc2C)cc(I)c1OCc1cccc(C)c1. The molecule has 0 saturated heterocycles. The second-order valence-electron chi connectivity index (χ2n) is 6.95. The van der Waals surface area contributed by atoms with Crippen LogP contribution >= 0.6 is 22.6 Å². The quantitative estimate of drug-likeness (QED) is 0.236. The smallest absolute Gasteiger partial charge is 0.339 e. The minimum atomic E-state index is -0.412. The van der Waals surface area contributed by atoms with E-state index in [9.17, 15) is 4.79 Å². The number of carbonyl (C=O) groups is 1. The summed E-state index contributed by atoms with van der Waals surface area (Å²) >= 11 is 2.20. The normalized spacial score (nSPS) is 10.7. The first-order valence-electron chi connectivity index (χ1n) is 9.68. The summed E-state index contributed by atoms with van der Waals surface area (Å²) in [7, 11) is 1.60. The number of aryl methyl sites for hydroxylation is 2. The maximum Gasteiger partial charge on any atom is 0.339 e. The number of ether oxygens (including phenoxy) is 2. The molecule has 2 N–H and O–H groups in total. The van der Waals surface area contributed by atoms with Crippen LogP contribution in [0.1, 0.15) is 22.3 Å². The Bertz CT molecular complexity index is 1100. The topological polar surface area (TPSA) is 72.0 Å². The number of hydrazone groups is 1. The first-order chi connectivity index (χ1) is 15.0. The highest BCUT2D eigenvalue weighted by atomic mass is 127. The first-order valence-corrected chi connectivity index (χ1v) is 10.8. The van der Waals surface area contributed by atoms with E-state index < -0.39 is 6.03 Å². The van der Waals surface area contributed by atoms with Crippen molar-refractivity contribution in [3.8, 4) is 11.5 Å². The molecule has 7 heteroatoms. The molecule has 6 nitrogen and oxygen atoms in total. The number of methoxy groups -OCH3 is 1. The fraction of sp³-hybridized carbons (Fsp3) is 0.167. The van der Waals surface area contributed by atoms with Crippen molar-refractivity contribution in [3.05, 3.63) is 86.5 Å². The maximum atomic E-state index is 12.1. The number of hydrogen-bond donors (Lipinski definition) is 2. The van der Waals surface area contributed by atoms with Crippen LogP contribution in [0.15, 0.2) is 65.8 Å². The van der Waals surface area contributed by atoms with Crippen LogP contribution in [0.3, 0.4) is 0 Å². The molecule has 3 rings (SSSR count). The number of rotatable bonds is 7. The number of hydrogen-bond acceptors (Lipinski definition) is 4. The van der Waals surface area contributed by atoms with Crippen LogP contribution in [0.4, 0.5) is 10.5 Å². The van der Waals surface area contributed by atoms with Crippen molar-refractivity contribution < 1.29 is 14.3 Å². The Balaban J connectivity index is 1.64. The van der Waals surface area contributed by atoms with Gasteiger partial charge in [-0.1, -0.05) is 48.0 Å². The number of anilines is 1. The Morgan fingerprint density at radius 1 is 1.10 bits per heavy atom. The molecule has 0 atom stereocenters. The van der Waals surface area contributed by atoms with E-state index in [1.165, 1.54) is 5.56 Å². The van der Waals surface area contributed by atoms with Crippen LogP contribution in [0.5, 0.6) is 11.5 Å². The minimum absolute atomic E-state index is 0.412. The van der Waals surface area contributed by atoms with Crippen LogP contribution in [0, 0.1) is 17.4 Å². The van der Waals surface area contributed by atoms with Crippen molar-refractivity contribution in [2.45, 2.75) is 20.5 Å². The summed E-state index contributed by atoms with van der Waals surface area (Å²) in [6, 6.07) is 19.0. The van der Waals surface area contributed by atoms with E-state index in [2.05, 4.69) is 57.5 Å². The predicted molar refractivity (Wildman–Crippen MR) is 132 cm³/mol. The summed E-state index contributed by atoms with van der Waals surface area (Å²) in [5, 5.41) is 6.80. The van der Waals surface area contributed by atoms with Crippen molar-refractivity contribution >= 4 is 40.5 Å². The molecule has 160 valence electrons. The van der Waals surface area contributed by atoms with E-state index in [1.807, 2.05) is 55.5 Å². The Morgan fingerprint density at radius 3 is 2.65 bits per heavy atom. The average molecular weight is 529 g/mol. The lowest BCUT2D eigenvalue weighted by Gasteiger charge is -2.14. The number of carbonyl (C=O) groups excluding carboxylic acids is 1. The molecule has 0 radical (unpaired) electrons. The van der Waals surface area contributed by atoms with Crippen LogP contribution in [0.25, 0.3) is 0 Å². The molecule has 3 aromatic carbocycles. The number of para-hydroxylation sites is 1. The molecular weight excluding hydrogens is 505 g/mol. The summed E-state index contributed by atoms with van der Waals surface area (Å²) < 4.78 is 12.4. The van der Waals surface area contributed by atoms with Gasteiger partial charge in [0.15, 0.2) is 11.5 Å². The number of halogens is 1. The van der Waals surface area contributed by atoms with Gasteiger partial charge in [0.2, 0.25) is 0 Å². The van der Waals surface area contributed by atoms with Gasteiger partial charge in [-0.3, -0.25) is 0 Å². The maximum absolute atomic E-state index is 12.1. The van der Waals surface area contributed by atoms with Gasteiger partial charge in [-0.2, -0.15) is 5.10 Å². The zero-order valence-corrected chi connectivity index (χ0v) is 19.8. The molecule has 0 heterocycles. The van der Waals surface area contributed by atoms with Crippen molar-refractivity contribution in [3.63, 3.8) is 0 Å². The summed E-state index contributed by atoms with van der Waals surface area (Å²) in [5.74, 6) is 1.28. The molecule has 0 bridgehead atoms. The second kappa shape index (κ2) is 10.8. The molecule has 0 saturated carbocycles. The van der Waals surface area contributed by atoms with Crippen molar-refractivity contribution in [1.29, 1.82) is 0 Å². The Hall–Kier alpha value is -3.07. The molecule has 0 aliphatic heterocycles. The lowest BCUT2D eigenvalue weighted by atomic mass is 10.1. The second-order valence-corrected chi connectivity index (χ2v) is 8.11. The van der Waals surface area contributed by atoms with Gasteiger partial charge in [-0.25, -0.2) is 10.2 Å².